The van der Waals surface area contributed by atoms with Crippen LogP contribution in [0.1, 0.15) is 5.56 Å². The van der Waals surface area contributed by atoms with Gasteiger partial charge in [-0.2, -0.15) is 15.0 Å². The van der Waals surface area contributed by atoms with Crippen molar-refractivity contribution < 1.29 is 9.30 Å². The van der Waals surface area contributed by atoms with Gasteiger partial charge in [0.2, 0.25) is 10.6 Å². The van der Waals surface area contributed by atoms with Crippen LogP contribution in [0.5, 0.6) is 6.01 Å². The molecular weight excluding hydrogens is 263 g/mol. The molecular formula is C10H9Cl2N4O+. The van der Waals surface area contributed by atoms with Crippen LogP contribution < -0.4 is 9.30 Å². The second kappa shape index (κ2) is 5.25. The molecule has 0 saturated carbocycles. The van der Waals surface area contributed by atoms with Crippen LogP contribution in [0.15, 0.2) is 24.5 Å². The Balaban J connectivity index is 2.04. The van der Waals surface area contributed by atoms with Crippen molar-refractivity contribution in [3.63, 3.8) is 0 Å². The lowest BCUT2D eigenvalue weighted by atomic mass is 10.3. The van der Waals surface area contributed by atoms with E-state index < -0.39 is 0 Å². The Morgan fingerprint density at radius 2 is 1.71 bits per heavy atom. The van der Waals surface area contributed by atoms with Crippen LogP contribution in [0, 0.1) is 0 Å². The highest BCUT2D eigenvalue weighted by Crippen LogP contribution is 2.12. The fourth-order valence-corrected chi connectivity index (χ4v) is 1.50. The first-order valence-corrected chi connectivity index (χ1v) is 5.53. The van der Waals surface area contributed by atoms with Crippen molar-refractivity contribution in [2.45, 2.75) is 6.61 Å². The lowest BCUT2D eigenvalue weighted by Gasteiger charge is -2.03. The molecule has 0 saturated heterocycles. The summed E-state index contributed by atoms with van der Waals surface area (Å²) >= 11 is 11.2. The molecule has 0 aliphatic rings. The molecule has 0 fully saturated rings. The van der Waals surface area contributed by atoms with Gasteiger partial charge in [0.1, 0.15) is 13.7 Å². The molecule has 88 valence electrons. The van der Waals surface area contributed by atoms with Crippen LogP contribution in [0.4, 0.5) is 0 Å². The molecule has 0 bridgehead atoms. The van der Waals surface area contributed by atoms with Gasteiger partial charge in [0.15, 0.2) is 12.4 Å². The number of nitrogens with zero attached hydrogens (tertiary/aromatic N) is 4. The Bertz CT molecular complexity index is 498. The predicted molar refractivity (Wildman–Crippen MR) is 61.8 cm³/mol. The summed E-state index contributed by atoms with van der Waals surface area (Å²) in [5, 5.41) is 0.0268. The van der Waals surface area contributed by atoms with E-state index in [1.54, 1.807) is 0 Å². The largest absolute Gasteiger partial charge is 0.458 e. The third kappa shape index (κ3) is 3.51. The van der Waals surface area contributed by atoms with Crippen LogP contribution >= 0.6 is 23.2 Å². The first kappa shape index (κ1) is 12.0. The lowest BCUT2D eigenvalue weighted by molar-refractivity contribution is -0.671. The minimum Gasteiger partial charge on any atom is -0.458 e. The van der Waals surface area contributed by atoms with Gasteiger partial charge in [-0.1, -0.05) is 0 Å². The number of aromatic nitrogens is 4. The van der Waals surface area contributed by atoms with E-state index in [9.17, 15) is 0 Å². The molecule has 0 N–H and O–H groups in total. The highest BCUT2D eigenvalue weighted by Gasteiger charge is 2.05. The molecule has 5 nitrogen and oxygen atoms in total. The van der Waals surface area contributed by atoms with E-state index in [0.717, 1.165) is 5.56 Å². The van der Waals surface area contributed by atoms with Crippen molar-refractivity contribution in [3.8, 4) is 6.01 Å². The molecule has 0 amide bonds. The Kier molecular flexibility index (Phi) is 3.71. The van der Waals surface area contributed by atoms with E-state index in [2.05, 4.69) is 15.0 Å². The second-order valence-electron chi connectivity index (χ2n) is 3.32. The molecule has 0 unspecified atom stereocenters. The predicted octanol–water partition coefficient (Wildman–Crippen LogP) is 1.58. The van der Waals surface area contributed by atoms with Gasteiger partial charge in [-0.15, -0.1) is 0 Å². The van der Waals surface area contributed by atoms with Crippen LogP contribution in [0.3, 0.4) is 0 Å². The maximum atomic E-state index is 5.62. The minimum atomic E-state index is 0.0134. The number of aryl methyl sites for hydroxylation is 1. The van der Waals surface area contributed by atoms with E-state index in [0.29, 0.717) is 6.61 Å². The zero-order valence-electron chi connectivity index (χ0n) is 8.97. The zero-order chi connectivity index (χ0) is 12.3. The third-order valence-electron chi connectivity index (χ3n) is 1.98. The van der Waals surface area contributed by atoms with E-state index >= 15 is 0 Å². The monoisotopic (exact) mass is 271 g/mol. The van der Waals surface area contributed by atoms with Gasteiger partial charge in [-0.3, -0.25) is 0 Å². The van der Waals surface area contributed by atoms with Crippen molar-refractivity contribution in [2.75, 3.05) is 0 Å². The molecule has 0 spiro atoms. The van der Waals surface area contributed by atoms with E-state index in [1.165, 1.54) is 0 Å². The SMILES string of the molecule is C[n+]1ccc(COc2nc(Cl)nc(Cl)n2)cc1. The summed E-state index contributed by atoms with van der Waals surface area (Å²) in [6.45, 7) is 0.345. The highest BCUT2D eigenvalue weighted by atomic mass is 35.5. The summed E-state index contributed by atoms with van der Waals surface area (Å²) in [4.78, 5) is 11.2. The van der Waals surface area contributed by atoms with Crippen LogP contribution in [0.2, 0.25) is 10.6 Å². The lowest BCUT2D eigenvalue weighted by Crippen LogP contribution is -2.26. The molecule has 0 aromatic carbocycles. The quantitative estimate of drug-likeness (QED) is 0.796. The van der Waals surface area contributed by atoms with Gasteiger partial charge in [0.25, 0.3) is 0 Å². The number of hydrogen-bond donors (Lipinski definition) is 0. The number of ether oxygens (including phenoxy) is 1. The molecule has 2 aromatic rings. The fraction of sp³-hybridized carbons (Fsp3) is 0.200. The molecule has 17 heavy (non-hydrogen) atoms. The third-order valence-corrected chi connectivity index (χ3v) is 2.31. The van der Waals surface area contributed by atoms with Gasteiger partial charge in [-0.05, 0) is 23.2 Å². The van der Waals surface area contributed by atoms with Crippen molar-refractivity contribution in [3.05, 3.63) is 40.7 Å². The summed E-state index contributed by atoms with van der Waals surface area (Å²) < 4.78 is 7.28. The Morgan fingerprint density at radius 3 is 2.29 bits per heavy atom. The Hall–Kier alpha value is -1.46. The number of rotatable bonds is 3. The van der Waals surface area contributed by atoms with Gasteiger partial charge < -0.3 is 4.74 Å². The standard InChI is InChI=1S/C10H9Cl2N4O/c1-16-4-2-7(3-5-16)6-17-10-14-8(11)13-9(12)15-10/h2-5H,6H2,1H3/q+1. The van der Waals surface area contributed by atoms with Crippen LogP contribution in [0.25, 0.3) is 0 Å². The fourth-order valence-electron chi connectivity index (χ4n) is 1.15. The first-order chi connectivity index (χ1) is 8.13. The second-order valence-corrected chi connectivity index (χ2v) is 3.99. The average Bonchev–Trinajstić information content (AvgIpc) is 2.27. The van der Waals surface area contributed by atoms with Gasteiger partial charge in [0, 0.05) is 17.7 Å². The topological polar surface area (TPSA) is 51.8 Å². The highest BCUT2D eigenvalue weighted by molar-refractivity contribution is 6.31. The summed E-state index contributed by atoms with van der Waals surface area (Å²) in [5.74, 6) is 0. The van der Waals surface area contributed by atoms with Crippen LogP contribution in [-0.2, 0) is 13.7 Å². The first-order valence-electron chi connectivity index (χ1n) is 4.77. The maximum Gasteiger partial charge on any atom is 0.322 e. The molecule has 0 aliphatic carbocycles. The van der Waals surface area contributed by atoms with E-state index in [-0.39, 0.29) is 16.6 Å². The summed E-state index contributed by atoms with van der Waals surface area (Å²) in [6, 6.07) is 3.98. The minimum absolute atomic E-state index is 0.0134. The number of hydrogen-bond acceptors (Lipinski definition) is 4. The van der Waals surface area contributed by atoms with E-state index in [1.807, 2.05) is 36.1 Å². The van der Waals surface area contributed by atoms with E-state index in [4.69, 9.17) is 27.9 Å². The summed E-state index contributed by atoms with van der Waals surface area (Å²) in [7, 11) is 1.94. The van der Waals surface area contributed by atoms with Gasteiger partial charge >= 0.3 is 6.01 Å². The molecule has 2 rings (SSSR count). The maximum absolute atomic E-state index is 5.62. The molecule has 2 aromatic heterocycles. The normalized spacial score (nSPS) is 10.3. The molecule has 7 heteroatoms. The average molecular weight is 272 g/mol. The van der Waals surface area contributed by atoms with Crippen molar-refractivity contribution >= 4 is 23.2 Å². The summed E-state index contributed by atoms with van der Waals surface area (Å²) in [5.41, 5.74) is 0.996. The smallest absolute Gasteiger partial charge is 0.322 e. The van der Waals surface area contributed by atoms with Crippen molar-refractivity contribution in [1.29, 1.82) is 0 Å². The van der Waals surface area contributed by atoms with Gasteiger partial charge in [-0.25, -0.2) is 4.57 Å². The van der Waals surface area contributed by atoms with Gasteiger partial charge in [0.05, 0.1) is 0 Å². The molecule has 2 heterocycles. The molecule has 0 aliphatic heterocycles. The molecule has 0 atom stereocenters. The van der Waals surface area contributed by atoms with Crippen molar-refractivity contribution in [2.24, 2.45) is 7.05 Å². The number of halogens is 2. The Labute approximate surface area is 108 Å². The Morgan fingerprint density at radius 1 is 1.12 bits per heavy atom. The van der Waals surface area contributed by atoms with Crippen molar-refractivity contribution in [1.82, 2.24) is 15.0 Å². The molecule has 0 radical (unpaired) electrons. The van der Waals surface area contributed by atoms with Crippen LogP contribution in [-0.4, -0.2) is 15.0 Å². The number of pyridine rings is 1. The zero-order valence-corrected chi connectivity index (χ0v) is 10.5. The summed E-state index contributed by atoms with van der Waals surface area (Å²) in [6.07, 6.45) is 3.85.